The van der Waals surface area contributed by atoms with E-state index in [0.29, 0.717) is 0 Å². The van der Waals surface area contributed by atoms with Crippen LogP contribution in [0.5, 0.6) is 11.5 Å². The van der Waals surface area contributed by atoms with Crippen LogP contribution >= 0.6 is 0 Å². The first-order valence-corrected chi connectivity index (χ1v) is 13.5. The van der Waals surface area contributed by atoms with Crippen LogP contribution in [0.25, 0.3) is 65.8 Å². The third-order valence-electron chi connectivity index (χ3n) is 7.98. The lowest BCUT2D eigenvalue weighted by Crippen LogP contribution is -1.94. The van der Waals surface area contributed by atoms with Gasteiger partial charge in [-0.2, -0.15) is 0 Å². The quantitative estimate of drug-likeness (QED) is 0.216. The van der Waals surface area contributed by atoms with Crippen molar-refractivity contribution in [2.75, 3.05) is 0 Å². The van der Waals surface area contributed by atoms with Gasteiger partial charge in [0.1, 0.15) is 22.8 Å². The fourth-order valence-corrected chi connectivity index (χ4v) is 6.21. The molecule has 4 aromatic carbocycles. The van der Waals surface area contributed by atoms with Crippen LogP contribution in [-0.4, -0.2) is 23.8 Å². The molecule has 0 N–H and O–H groups in total. The summed E-state index contributed by atoms with van der Waals surface area (Å²) < 4.78 is 10.7. The molecular formula is C35H21N5O. The summed E-state index contributed by atoms with van der Waals surface area (Å²) in [5, 5.41) is 6.63. The van der Waals surface area contributed by atoms with Crippen LogP contribution < -0.4 is 4.74 Å². The lowest BCUT2D eigenvalue weighted by Gasteiger charge is -2.14. The molecule has 9 aromatic rings. The van der Waals surface area contributed by atoms with Crippen LogP contribution in [0.2, 0.25) is 0 Å². The maximum atomic E-state index is 6.48. The molecule has 0 saturated carbocycles. The number of aromatic nitrogens is 5. The molecule has 6 nitrogen and oxygen atoms in total. The topological polar surface area (TPSA) is 56.7 Å². The molecule has 5 aromatic heterocycles. The number of ether oxygens (including phenoxy) is 1. The number of rotatable bonds is 3. The lowest BCUT2D eigenvalue weighted by atomic mass is 9.98. The van der Waals surface area contributed by atoms with Gasteiger partial charge in [-0.15, -0.1) is 0 Å². The Kier molecular flexibility index (Phi) is 4.51. The SMILES string of the molecule is c1ccc(-c2cccc3c4ccc(Oc5ccc6c7ccncc7n7ccnc7c6c5)cc4c4nccn4c23)cc1. The summed E-state index contributed by atoms with van der Waals surface area (Å²) in [6, 6.07) is 31.5. The van der Waals surface area contributed by atoms with Crippen molar-refractivity contribution in [1.29, 1.82) is 0 Å². The van der Waals surface area contributed by atoms with Crippen molar-refractivity contribution in [3.05, 3.63) is 128 Å². The Morgan fingerprint density at radius 3 is 2.02 bits per heavy atom. The third-order valence-corrected chi connectivity index (χ3v) is 7.98. The van der Waals surface area contributed by atoms with Crippen molar-refractivity contribution in [3.63, 3.8) is 0 Å². The number of nitrogens with zero attached hydrogens (tertiary/aromatic N) is 5. The Morgan fingerprint density at radius 1 is 0.537 bits per heavy atom. The molecule has 0 aliphatic rings. The van der Waals surface area contributed by atoms with Crippen molar-refractivity contribution >= 4 is 54.6 Å². The van der Waals surface area contributed by atoms with E-state index in [1.807, 2.05) is 61.4 Å². The summed E-state index contributed by atoms with van der Waals surface area (Å²) in [5.74, 6) is 1.51. The molecule has 5 heterocycles. The maximum Gasteiger partial charge on any atom is 0.145 e. The van der Waals surface area contributed by atoms with Crippen LogP contribution in [0.3, 0.4) is 0 Å². The minimum atomic E-state index is 0.752. The molecule has 0 fully saturated rings. The van der Waals surface area contributed by atoms with E-state index in [9.17, 15) is 0 Å². The van der Waals surface area contributed by atoms with Gasteiger partial charge in [-0.25, -0.2) is 9.97 Å². The molecule has 192 valence electrons. The second-order valence-corrected chi connectivity index (χ2v) is 10.2. The van der Waals surface area contributed by atoms with E-state index in [1.165, 1.54) is 16.5 Å². The van der Waals surface area contributed by atoms with Crippen molar-refractivity contribution in [2.45, 2.75) is 0 Å². The average Bonchev–Trinajstić information content (AvgIpc) is 3.73. The summed E-state index contributed by atoms with van der Waals surface area (Å²) >= 11 is 0. The molecule has 0 radical (unpaired) electrons. The fourth-order valence-electron chi connectivity index (χ4n) is 6.21. The Balaban J connectivity index is 1.21. The highest BCUT2D eigenvalue weighted by atomic mass is 16.5. The molecule has 0 amide bonds. The summed E-state index contributed by atoms with van der Waals surface area (Å²) in [7, 11) is 0. The smallest absolute Gasteiger partial charge is 0.145 e. The molecule has 41 heavy (non-hydrogen) atoms. The first kappa shape index (κ1) is 22.1. The molecule has 0 aliphatic carbocycles. The molecular weight excluding hydrogens is 506 g/mol. The number of hydrogen-bond acceptors (Lipinski definition) is 4. The van der Waals surface area contributed by atoms with Crippen molar-refractivity contribution < 1.29 is 4.74 Å². The highest BCUT2D eigenvalue weighted by molar-refractivity contribution is 6.15. The zero-order chi connectivity index (χ0) is 26.9. The van der Waals surface area contributed by atoms with E-state index in [-0.39, 0.29) is 0 Å². The fraction of sp³-hybridized carbons (Fsp3) is 0. The molecule has 0 atom stereocenters. The van der Waals surface area contributed by atoms with Crippen molar-refractivity contribution in [1.82, 2.24) is 23.8 Å². The summed E-state index contributed by atoms with van der Waals surface area (Å²) in [4.78, 5) is 13.7. The number of fused-ring (bicyclic) bond motifs is 12. The van der Waals surface area contributed by atoms with E-state index in [1.54, 1.807) is 0 Å². The van der Waals surface area contributed by atoms with E-state index in [4.69, 9.17) is 9.72 Å². The summed E-state index contributed by atoms with van der Waals surface area (Å²) in [6.45, 7) is 0. The molecule has 0 saturated heterocycles. The zero-order valence-electron chi connectivity index (χ0n) is 21.8. The van der Waals surface area contributed by atoms with Gasteiger partial charge in [-0.05, 0) is 58.8 Å². The van der Waals surface area contributed by atoms with Crippen LogP contribution in [0.4, 0.5) is 0 Å². The zero-order valence-corrected chi connectivity index (χ0v) is 21.8. The minimum Gasteiger partial charge on any atom is -0.457 e. The van der Waals surface area contributed by atoms with Gasteiger partial charge in [0.2, 0.25) is 0 Å². The minimum absolute atomic E-state index is 0.752. The second-order valence-electron chi connectivity index (χ2n) is 10.2. The van der Waals surface area contributed by atoms with Gasteiger partial charge in [0.25, 0.3) is 0 Å². The molecule has 6 heteroatoms. The van der Waals surface area contributed by atoms with E-state index >= 15 is 0 Å². The predicted molar refractivity (Wildman–Crippen MR) is 164 cm³/mol. The Labute approximate surface area is 233 Å². The van der Waals surface area contributed by atoms with E-state index in [0.717, 1.165) is 60.8 Å². The molecule has 0 spiro atoms. The van der Waals surface area contributed by atoms with Crippen LogP contribution in [0.15, 0.2) is 128 Å². The first-order valence-electron chi connectivity index (χ1n) is 13.5. The number of hydrogen-bond donors (Lipinski definition) is 0. The van der Waals surface area contributed by atoms with E-state index < -0.39 is 0 Å². The second kappa shape index (κ2) is 8.37. The average molecular weight is 528 g/mol. The standard InChI is InChI=1S/C35H21N5O/c1-2-5-22(6-3-1)25-7-4-8-29-27-12-10-24(20-31(27)35-38-16-18-40(35)33(25)29)41-23-9-11-26-28-13-14-36-21-32(28)39-17-15-37-34(39)30(26)19-23/h1-21H. The molecule has 0 bridgehead atoms. The number of benzene rings is 4. The van der Waals surface area contributed by atoms with Gasteiger partial charge in [-0.1, -0.05) is 48.5 Å². The van der Waals surface area contributed by atoms with Crippen LogP contribution in [0.1, 0.15) is 0 Å². The van der Waals surface area contributed by atoms with Gasteiger partial charge in [-0.3, -0.25) is 13.8 Å². The van der Waals surface area contributed by atoms with Gasteiger partial charge in [0.15, 0.2) is 0 Å². The Bertz CT molecular complexity index is 2460. The monoisotopic (exact) mass is 527 g/mol. The Morgan fingerprint density at radius 2 is 1.24 bits per heavy atom. The van der Waals surface area contributed by atoms with Crippen LogP contribution in [0, 0.1) is 0 Å². The summed E-state index contributed by atoms with van der Waals surface area (Å²) in [6.07, 6.45) is 11.4. The number of pyridine rings is 3. The van der Waals surface area contributed by atoms with E-state index in [2.05, 4.69) is 85.5 Å². The molecule has 0 unspecified atom stereocenters. The number of imidazole rings is 2. The highest BCUT2D eigenvalue weighted by Gasteiger charge is 2.15. The predicted octanol–water partition coefficient (Wildman–Crippen LogP) is 8.45. The summed E-state index contributed by atoms with van der Waals surface area (Å²) in [5.41, 5.74) is 6.32. The Hall–Kier alpha value is -5.75. The first-order chi connectivity index (χ1) is 20.3. The lowest BCUT2D eigenvalue weighted by molar-refractivity contribution is 0.484. The van der Waals surface area contributed by atoms with Gasteiger partial charge >= 0.3 is 0 Å². The largest absolute Gasteiger partial charge is 0.457 e. The molecule has 9 rings (SSSR count). The van der Waals surface area contributed by atoms with Crippen molar-refractivity contribution in [2.24, 2.45) is 0 Å². The molecule has 0 aliphatic heterocycles. The van der Waals surface area contributed by atoms with Gasteiger partial charge in [0, 0.05) is 58.1 Å². The highest BCUT2D eigenvalue weighted by Crippen LogP contribution is 2.38. The van der Waals surface area contributed by atoms with Crippen molar-refractivity contribution in [3.8, 4) is 22.6 Å². The maximum absolute atomic E-state index is 6.48. The van der Waals surface area contributed by atoms with Crippen LogP contribution in [-0.2, 0) is 0 Å². The number of para-hydroxylation sites is 1. The normalized spacial score (nSPS) is 11.9. The third kappa shape index (κ3) is 3.22. The van der Waals surface area contributed by atoms with Gasteiger partial charge < -0.3 is 4.74 Å². The van der Waals surface area contributed by atoms with Gasteiger partial charge in [0.05, 0.1) is 17.2 Å².